The molecule has 0 bridgehead atoms. The lowest BCUT2D eigenvalue weighted by Crippen LogP contribution is -2.55. The number of rotatable bonds is 5. The van der Waals surface area contributed by atoms with Crippen molar-refractivity contribution in [2.45, 2.75) is 57.2 Å². The van der Waals surface area contributed by atoms with Crippen LogP contribution in [0.5, 0.6) is 0 Å². The van der Waals surface area contributed by atoms with E-state index in [-0.39, 0.29) is 5.54 Å². The predicted octanol–water partition coefficient (Wildman–Crippen LogP) is 4.07. The van der Waals surface area contributed by atoms with E-state index in [2.05, 4.69) is 59.1 Å². The molecule has 0 N–H and O–H groups in total. The quantitative estimate of drug-likeness (QED) is 0.753. The molecule has 2 aromatic heterocycles. The van der Waals surface area contributed by atoms with Gasteiger partial charge in [-0.25, -0.2) is 4.98 Å². The molecule has 156 valence electrons. The number of aromatic nitrogens is 2. The first kappa shape index (κ1) is 19.2. The van der Waals surface area contributed by atoms with Crippen molar-refractivity contribution in [1.29, 1.82) is 0 Å². The molecule has 0 aliphatic carbocycles. The third-order valence-electron chi connectivity index (χ3n) is 6.68. The van der Waals surface area contributed by atoms with E-state index in [1.54, 1.807) is 12.5 Å². The monoisotopic (exact) mass is 403 g/mol. The number of pyridine rings is 1. The molecule has 3 atom stereocenters. The van der Waals surface area contributed by atoms with Gasteiger partial charge in [-0.1, -0.05) is 12.1 Å². The average molecular weight is 404 g/mol. The summed E-state index contributed by atoms with van der Waals surface area (Å²) in [7, 11) is 0. The lowest BCUT2D eigenvalue weighted by molar-refractivity contribution is 0.0365. The van der Waals surface area contributed by atoms with E-state index in [0.29, 0.717) is 12.1 Å². The normalized spacial score (nSPS) is 28.6. The van der Waals surface area contributed by atoms with Gasteiger partial charge in [0.2, 0.25) is 0 Å². The van der Waals surface area contributed by atoms with Crippen molar-refractivity contribution >= 4 is 5.84 Å². The van der Waals surface area contributed by atoms with Crippen molar-refractivity contribution in [3.05, 3.63) is 72.4 Å². The number of hydrogen-bond donors (Lipinski definition) is 0. The Morgan fingerprint density at radius 2 is 2.13 bits per heavy atom. The number of amidine groups is 1. The molecular formula is C24H29N5O. The van der Waals surface area contributed by atoms with Crippen LogP contribution in [-0.2, 0) is 6.42 Å². The Labute approximate surface area is 178 Å². The van der Waals surface area contributed by atoms with Gasteiger partial charge in [-0.15, -0.1) is 0 Å². The molecule has 1 fully saturated rings. The fourth-order valence-electron chi connectivity index (χ4n) is 5.30. The first-order chi connectivity index (χ1) is 14.6. The van der Waals surface area contributed by atoms with E-state index < -0.39 is 0 Å². The molecule has 6 heteroatoms. The highest BCUT2D eigenvalue weighted by molar-refractivity contribution is 5.96. The second kappa shape index (κ2) is 7.84. The summed E-state index contributed by atoms with van der Waals surface area (Å²) >= 11 is 0. The second-order valence-electron chi connectivity index (χ2n) is 8.74. The largest absolute Gasteiger partial charge is 0.449 e. The number of oxazole rings is 1. The molecule has 6 nitrogen and oxygen atoms in total. The molecule has 1 saturated heterocycles. The summed E-state index contributed by atoms with van der Waals surface area (Å²) in [6.07, 6.45) is 18.0. The molecule has 0 radical (unpaired) electrons. The van der Waals surface area contributed by atoms with Crippen LogP contribution < -0.4 is 0 Å². The molecule has 0 spiro atoms. The fraction of sp³-hybridized carbons (Fsp3) is 0.458. The highest BCUT2D eigenvalue weighted by atomic mass is 16.3. The summed E-state index contributed by atoms with van der Waals surface area (Å²) in [5.41, 5.74) is 2.29. The maximum atomic E-state index is 5.54. The predicted molar refractivity (Wildman–Crippen MR) is 117 cm³/mol. The molecule has 0 aromatic carbocycles. The van der Waals surface area contributed by atoms with Gasteiger partial charge in [-0.2, -0.15) is 0 Å². The number of aryl methyl sites for hydroxylation is 1. The van der Waals surface area contributed by atoms with Crippen LogP contribution in [0.25, 0.3) is 0 Å². The number of hydrogen-bond acceptors (Lipinski definition) is 6. The van der Waals surface area contributed by atoms with E-state index in [9.17, 15) is 0 Å². The SMILES string of the molecule is Cc1cccnc1[C@@H]1CCC[C@H](C2(C)CN3C=CC=CC3=N2)N1CCc1ncco1. The molecule has 1 unspecified atom stereocenters. The van der Waals surface area contributed by atoms with E-state index >= 15 is 0 Å². The molecule has 5 heterocycles. The molecule has 3 aliphatic rings. The number of allylic oxidation sites excluding steroid dienone is 2. The van der Waals surface area contributed by atoms with E-state index in [0.717, 1.165) is 44.1 Å². The Morgan fingerprint density at radius 3 is 2.93 bits per heavy atom. The van der Waals surface area contributed by atoms with Crippen LogP contribution in [0, 0.1) is 6.92 Å². The lowest BCUT2D eigenvalue weighted by Gasteiger charge is -2.47. The van der Waals surface area contributed by atoms with Crippen molar-refractivity contribution in [1.82, 2.24) is 19.8 Å². The molecule has 0 saturated carbocycles. The van der Waals surface area contributed by atoms with Crippen molar-refractivity contribution in [3.63, 3.8) is 0 Å². The van der Waals surface area contributed by atoms with Crippen LogP contribution in [0.3, 0.4) is 0 Å². The van der Waals surface area contributed by atoms with Crippen molar-refractivity contribution in [3.8, 4) is 0 Å². The zero-order valence-corrected chi connectivity index (χ0v) is 17.7. The number of likely N-dealkylation sites (tertiary alicyclic amines) is 1. The van der Waals surface area contributed by atoms with Gasteiger partial charge in [0.05, 0.1) is 30.0 Å². The van der Waals surface area contributed by atoms with Gasteiger partial charge >= 0.3 is 0 Å². The van der Waals surface area contributed by atoms with E-state index in [4.69, 9.17) is 14.4 Å². The number of nitrogens with zero attached hydrogens (tertiary/aromatic N) is 5. The van der Waals surface area contributed by atoms with Crippen LogP contribution in [0.2, 0.25) is 0 Å². The van der Waals surface area contributed by atoms with Gasteiger partial charge in [0.25, 0.3) is 0 Å². The minimum absolute atomic E-state index is 0.160. The van der Waals surface area contributed by atoms with Crippen LogP contribution >= 0.6 is 0 Å². The zero-order chi connectivity index (χ0) is 20.6. The molecular weight excluding hydrogens is 374 g/mol. The van der Waals surface area contributed by atoms with Gasteiger partial charge < -0.3 is 9.32 Å². The third-order valence-corrected chi connectivity index (χ3v) is 6.68. The summed E-state index contributed by atoms with van der Waals surface area (Å²) in [6, 6.07) is 4.83. The minimum atomic E-state index is -0.160. The van der Waals surface area contributed by atoms with Crippen molar-refractivity contribution in [2.75, 3.05) is 13.1 Å². The van der Waals surface area contributed by atoms with Crippen LogP contribution in [-0.4, -0.2) is 50.3 Å². The minimum Gasteiger partial charge on any atom is -0.449 e. The smallest absolute Gasteiger partial charge is 0.195 e. The molecule has 2 aromatic rings. The molecule has 30 heavy (non-hydrogen) atoms. The van der Waals surface area contributed by atoms with Gasteiger partial charge in [0.1, 0.15) is 12.1 Å². The maximum Gasteiger partial charge on any atom is 0.195 e. The molecule has 3 aliphatic heterocycles. The zero-order valence-electron chi connectivity index (χ0n) is 17.7. The van der Waals surface area contributed by atoms with Gasteiger partial charge in [-0.05, 0) is 56.9 Å². The second-order valence-corrected chi connectivity index (χ2v) is 8.74. The first-order valence-corrected chi connectivity index (χ1v) is 10.9. The van der Waals surface area contributed by atoms with Gasteiger partial charge in [-0.3, -0.25) is 14.9 Å². The third kappa shape index (κ3) is 3.49. The molecule has 5 rings (SSSR count). The lowest BCUT2D eigenvalue weighted by atomic mass is 9.81. The standard InChI is InChI=1S/C24H29N5O/c1-18-7-6-12-26-23(18)19-8-5-9-20(29(19)15-11-22-25-13-16-30-22)24(2)17-28-14-4-3-10-21(28)27-24/h3-4,6-7,10,12-14,16,19-20H,5,8-9,11,15,17H2,1-2H3/t19-,20+,24?/m0/s1. The summed E-state index contributed by atoms with van der Waals surface area (Å²) < 4.78 is 5.54. The number of piperidine rings is 1. The van der Waals surface area contributed by atoms with Crippen LogP contribution in [0.4, 0.5) is 0 Å². The Bertz CT molecular complexity index is 979. The Balaban J connectivity index is 1.48. The Morgan fingerprint density at radius 1 is 1.20 bits per heavy atom. The van der Waals surface area contributed by atoms with Gasteiger partial charge in [0, 0.05) is 31.4 Å². The average Bonchev–Trinajstić information content (AvgIpc) is 3.39. The van der Waals surface area contributed by atoms with Crippen LogP contribution in [0.1, 0.15) is 49.4 Å². The van der Waals surface area contributed by atoms with Crippen LogP contribution in [0.15, 0.2) is 64.6 Å². The number of fused-ring (bicyclic) bond motifs is 1. The molecule has 0 amide bonds. The Kier molecular flexibility index (Phi) is 5.03. The van der Waals surface area contributed by atoms with E-state index in [1.165, 1.54) is 17.7 Å². The van der Waals surface area contributed by atoms with Gasteiger partial charge in [0.15, 0.2) is 5.89 Å². The van der Waals surface area contributed by atoms with Crippen molar-refractivity contribution in [2.24, 2.45) is 4.99 Å². The topological polar surface area (TPSA) is 57.8 Å². The maximum absolute atomic E-state index is 5.54. The number of aliphatic imine (C=N–C) groups is 1. The van der Waals surface area contributed by atoms with E-state index in [1.807, 2.05) is 12.3 Å². The summed E-state index contributed by atoms with van der Waals surface area (Å²) in [6.45, 7) is 6.29. The van der Waals surface area contributed by atoms with Crippen molar-refractivity contribution < 1.29 is 4.42 Å². The highest BCUT2D eigenvalue weighted by Gasteiger charge is 2.47. The summed E-state index contributed by atoms with van der Waals surface area (Å²) in [5.74, 6) is 1.87. The Hall–Kier alpha value is -2.73. The highest BCUT2D eigenvalue weighted by Crippen LogP contribution is 2.42. The first-order valence-electron chi connectivity index (χ1n) is 10.9. The summed E-state index contributed by atoms with van der Waals surface area (Å²) in [5, 5.41) is 0. The fourth-order valence-corrected chi connectivity index (χ4v) is 5.30. The summed E-state index contributed by atoms with van der Waals surface area (Å²) in [4.78, 5) is 19.3.